The zero-order chi connectivity index (χ0) is 21.7. The fourth-order valence-corrected chi connectivity index (χ4v) is 3.36. The lowest BCUT2D eigenvalue weighted by molar-refractivity contribution is -0.384. The summed E-state index contributed by atoms with van der Waals surface area (Å²) in [4.78, 5) is 21.7. The standard InChI is InChI=1S/C19H23N3O6S/c1-19(2,3)28-18(23)20-12-14-5-4-6-15(11-14)13-21-29(26,27)17-9-7-16(8-10-17)22(24)25/h4-11,21H,12-13H2,1-3H3,(H,20,23). The largest absolute Gasteiger partial charge is 0.444 e. The highest BCUT2D eigenvalue weighted by molar-refractivity contribution is 7.89. The summed E-state index contributed by atoms with van der Waals surface area (Å²) in [6.45, 7) is 5.57. The van der Waals surface area contributed by atoms with Gasteiger partial charge >= 0.3 is 6.09 Å². The number of nitrogens with one attached hydrogen (secondary N) is 2. The Kier molecular flexibility index (Phi) is 6.93. The van der Waals surface area contributed by atoms with Gasteiger partial charge in [0.25, 0.3) is 5.69 Å². The molecule has 0 atom stereocenters. The molecular weight excluding hydrogens is 398 g/mol. The van der Waals surface area contributed by atoms with Gasteiger partial charge in [-0.15, -0.1) is 0 Å². The summed E-state index contributed by atoms with van der Waals surface area (Å²) in [5, 5.41) is 13.3. The number of nitro groups is 1. The van der Waals surface area contributed by atoms with Crippen LogP contribution in [-0.4, -0.2) is 25.0 Å². The molecule has 0 fully saturated rings. The Morgan fingerprint density at radius 2 is 1.66 bits per heavy atom. The second-order valence-corrected chi connectivity index (χ2v) is 9.02. The lowest BCUT2D eigenvalue weighted by Crippen LogP contribution is -2.32. The van der Waals surface area contributed by atoms with Crippen LogP contribution < -0.4 is 10.0 Å². The van der Waals surface area contributed by atoms with E-state index in [2.05, 4.69) is 10.0 Å². The first-order chi connectivity index (χ1) is 13.5. The number of hydrogen-bond acceptors (Lipinski definition) is 6. The Balaban J connectivity index is 1.97. The van der Waals surface area contributed by atoms with Crippen LogP contribution in [0.25, 0.3) is 0 Å². The van der Waals surface area contributed by atoms with E-state index in [0.29, 0.717) is 5.56 Å². The molecule has 2 rings (SSSR count). The Morgan fingerprint density at radius 3 is 2.21 bits per heavy atom. The van der Waals surface area contributed by atoms with E-state index in [0.717, 1.165) is 17.7 Å². The lowest BCUT2D eigenvalue weighted by Gasteiger charge is -2.19. The lowest BCUT2D eigenvalue weighted by atomic mass is 10.1. The van der Waals surface area contributed by atoms with Crippen LogP contribution in [0.3, 0.4) is 0 Å². The van der Waals surface area contributed by atoms with Gasteiger partial charge in [-0.1, -0.05) is 24.3 Å². The van der Waals surface area contributed by atoms with Gasteiger partial charge in [0, 0.05) is 25.2 Å². The molecule has 0 aliphatic rings. The van der Waals surface area contributed by atoms with Crippen molar-refractivity contribution in [1.29, 1.82) is 0 Å². The van der Waals surface area contributed by atoms with Crippen molar-refractivity contribution in [2.45, 2.75) is 44.4 Å². The van der Waals surface area contributed by atoms with Crippen LogP contribution >= 0.6 is 0 Å². The van der Waals surface area contributed by atoms with Crippen molar-refractivity contribution >= 4 is 21.8 Å². The van der Waals surface area contributed by atoms with E-state index in [1.54, 1.807) is 45.0 Å². The molecule has 2 aromatic carbocycles. The first-order valence-electron chi connectivity index (χ1n) is 8.75. The van der Waals surface area contributed by atoms with Crippen LogP contribution in [0, 0.1) is 10.1 Å². The molecule has 0 radical (unpaired) electrons. The predicted molar refractivity (Wildman–Crippen MR) is 107 cm³/mol. The normalized spacial score (nSPS) is 11.7. The number of carbonyl (C=O) groups is 1. The summed E-state index contributed by atoms with van der Waals surface area (Å²) in [7, 11) is -3.82. The first-order valence-corrected chi connectivity index (χ1v) is 10.2. The number of hydrogen-bond donors (Lipinski definition) is 2. The minimum absolute atomic E-state index is 0.0274. The molecule has 29 heavy (non-hydrogen) atoms. The van der Waals surface area contributed by atoms with Crippen molar-refractivity contribution in [1.82, 2.24) is 10.0 Å². The van der Waals surface area contributed by atoms with Crippen molar-refractivity contribution < 1.29 is 22.9 Å². The number of non-ortho nitro benzene ring substituents is 1. The van der Waals surface area contributed by atoms with Crippen molar-refractivity contribution in [3.05, 3.63) is 69.8 Å². The summed E-state index contributed by atoms with van der Waals surface area (Å²) < 4.78 is 32.4. The van der Waals surface area contributed by atoms with E-state index in [1.807, 2.05) is 0 Å². The molecule has 156 valence electrons. The SMILES string of the molecule is CC(C)(C)OC(=O)NCc1cccc(CNS(=O)(=O)c2ccc([N+](=O)[O-])cc2)c1. The average molecular weight is 421 g/mol. The molecule has 0 unspecified atom stereocenters. The maximum Gasteiger partial charge on any atom is 0.407 e. The maximum absolute atomic E-state index is 12.4. The number of ether oxygens (including phenoxy) is 1. The minimum Gasteiger partial charge on any atom is -0.444 e. The average Bonchev–Trinajstić information content (AvgIpc) is 2.64. The van der Waals surface area contributed by atoms with Gasteiger partial charge in [0.1, 0.15) is 5.60 Å². The Hall–Kier alpha value is -2.98. The zero-order valence-electron chi connectivity index (χ0n) is 16.3. The summed E-state index contributed by atoms with van der Waals surface area (Å²) in [5.74, 6) is 0. The van der Waals surface area contributed by atoms with Gasteiger partial charge in [0.2, 0.25) is 10.0 Å². The molecule has 0 spiro atoms. The van der Waals surface area contributed by atoms with Crippen molar-refractivity contribution in [2.75, 3.05) is 0 Å². The van der Waals surface area contributed by atoms with E-state index in [1.165, 1.54) is 12.1 Å². The Bertz CT molecular complexity index is 982. The van der Waals surface area contributed by atoms with Gasteiger partial charge in [0.15, 0.2) is 0 Å². The number of alkyl carbamates (subject to hydrolysis) is 1. The van der Waals surface area contributed by atoms with E-state index < -0.39 is 26.6 Å². The number of rotatable bonds is 7. The van der Waals surface area contributed by atoms with E-state index in [9.17, 15) is 23.3 Å². The minimum atomic E-state index is -3.82. The molecule has 2 aromatic rings. The molecule has 9 nitrogen and oxygen atoms in total. The molecule has 1 amide bonds. The van der Waals surface area contributed by atoms with Crippen LogP contribution in [0.2, 0.25) is 0 Å². The Morgan fingerprint density at radius 1 is 1.07 bits per heavy atom. The van der Waals surface area contributed by atoms with Crippen molar-refractivity contribution in [3.63, 3.8) is 0 Å². The molecule has 0 saturated heterocycles. The molecule has 2 N–H and O–H groups in total. The maximum atomic E-state index is 12.4. The topological polar surface area (TPSA) is 128 Å². The number of nitro benzene ring substituents is 1. The quantitative estimate of drug-likeness (QED) is 0.522. The Labute approximate surface area is 169 Å². The van der Waals surface area contributed by atoms with Crippen LogP contribution in [0.1, 0.15) is 31.9 Å². The van der Waals surface area contributed by atoms with E-state index in [4.69, 9.17) is 4.74 Å². The summed E-state index contributed by atoms with van der Waals surface area (Å²) in [6, 6.07) is 11.7. The highest BCUT2D eigenvalue weighted by Crippen LogP contribution is 2.16. The van der Waals surface area contributed by atoms with Gasteiger partial charge in [-0.05, 0) is 44.0 Å². The molecule has 0 saturated carbocycles. The number of carbonyl (C=O) groups excluding carboxylic acids is 1. The monoisotopic (exact) mass is 421 g/mol. The van der Waals surface area contributed by atoms with Gasteiger partial charge in [-0.2, -0.15) is 0 Å². The predicted octanol–water partition coefficient (Wildman–Crippen LogP) is 3.10. The van der Waals surface area contributed by atoms with Gasteiger partial charge in [-0.3, -0.25) is 10.1 Å². The van der Waals surface area contributed by atoms with Crippen molar-refractivity contribution in [2.24, 2.45) is 0 Å². The van der Waals surface area contributed by atoms with Gasteiger partial charge in [0.05, 0.1) is 9.82 Å². The molecule has 0 aliphatic heterocycles. The number of benzene rings is 2. The second kappa shape index (κ2) is 9.01. The molecule has 0 heterocycles. The highest BCUT2D eigenvalue weighted by atomic mass is 32.2. The second-order valence-electron chi connectivity index (χ2n) is 7.25. The van der Waals surface area contributed by atoms with E-state index in [-0.39, 0.29) is 23.7 Å². The van der Waals surface area contributed by atoms with Crippen LogP contribution in [0.5, 0.6) is 0 Å². The van der Waals surface area contributed by atoms with Gasteiger partial charge < -0.3 is 10.1 Å². The molecule has 0 aliphatic carbocycles. The van der Waals surface area contributed by atoms with Gasteiger partial charge in [-0.25, -0.2) is 17.9 Å². The molecule has 0 bridgehead atoms. The molecule has 0 aromatic heterocycles. The smallest absolute Gasteiger partial charge is 0.407 e. The molecular formula is C19H23N3O6S. The highest BCUT2D eigenvalue weighted by Gasteiger charge is 2.17. The number of amides is 1. The number of nitrogens with zero attached hydrogens (tertiary/aromatic N) is 1. The van der Waals surface area contributed by atoms with Crippen LogP contribution in [-0.2, 0) is 27.8 Å². The third-order valence-electron chi connectivity index (χ3n) is 3.65. The fraction of sp³-hybridized carbons (Fsp3) is 0.316. The van der Waals surface area contributed by atoms with Crippen molar-refractivity contribution in [3.8, 4) is 0 Å². The first kappa shape index (κ1) is 22.3. The summed E-state index contributed by atoms with van der Waals surface area (Å²) >= 11 is 0. The van der Waals surface area contributed by atoms with Crippen LogP contribution in [0.4, 0.5) is 10.5 Å². The summed E-state index contributed by atoms with van der Waals surface area (Å²) in [5.41, 5.74) is 0.693. The summed E-state index contributed by atoms with van der Waals surface area (Å²) in [6.07, 6.45) is -0.540. The zero-order valence-corrected chi connectivity index (χ0v) is 17.2. The third kappa shape index (κ3) is 7.16. The third-order valence-corrected chi connectivity index (χ3v) is 5.07. The number of sulfonamides is 1. The van der Waals surface area contributed by atoms with E-state index >= 15 is 0 Å². The van der Waals surface area contributed by atoms with Crippen LogP contribution in [0.15, 0.2) is 53.4 Å². The molecule has 10 heteroatoms. The fourth-order valence-electron chi connectivity index (χ4n) is 2.35.